The Morgan fingerprint density at radius 3 is 2.00 bits per heavy atom. The molecule has 0 N–H and O–H groups in total. The van der Waals surface area contributed by atoms with Gasteiger partial charge in [0.1, 0.15) is 0 Å². The minimum Gasteiger partial charge on any atom is -1.00 e. The molecule has 0 saturated carbocycles. The molecule has 0 fully saturated rings. The Labute approximate surface area is 104 Å². The number of halogens is 2. The molecule has 0 unspecified atom stereocenters. The molecule has 0 spiro atoms. The fourth-order valence-electron chi connectivity index (χ4n) is 0.706. The second-order valence-electron chi connectivity index (χ2n) is 2.47. The van der Waals surface area contributed by atoms with Crippen molar-refractivity contribution in [3.8, 4) is 0 Å². The maximum absolute atomic E-state index is 5.57. The molecule has 13 heavy (non-hydrogen) atoms. The summed E-state index contributed by atoms with van der Waals surface area (Å²) >= 11 is -0.246. The normalized spacial score (nSPS) is 8.62. The van der Waals surface area contributed by atoms with Crippen LogP contribution in [-0.4, -0.2) is 23.1 Å². The third kappa shape index (κ3) is 13.2. The number of unbranched alkanes of at least 4 members (excludes halogenated alkanes) is 1. The standard InChI is InChI=1S/C4H10N.C4H9O.2ClH.Ti/c1-3-5-4-2;1-2-3-4-5;;;/h3-4H2,1-2H3;2-4H2,1H3;2*1H;/q2*-1;;;+4/p-2. The van der Waals surface area contributed by atoms with Crippen LogP contribution in [0.25, 0.3) is 0 Å². The zero-order chi connectivity index (χ0) is 8.53. The Hall–Kier alpha value is 1.21. The van der Waals surface area contributed by atoms with Crippen molar-refractivity contribution in [2.45, 2.75) is 33.6 Å². The van der Waals surface area contributed by atoms with Crippen LogP contribution in [-0.2, 0) is 23.1 Å². The van der Waals surface area contributed by atoms with Gasteiger partial charge in [0.2, 0.25) is 0 Å². The molecule has 0 aliphatic carbocycles. The average molecular weight is 264 g/mol. The van der Waals surface area contributed by atoms with Crippen molar-refractivity contribution in [1.82, 2.24) is 3.38 Å². The van der Waals surface area contributed by atoms with Crippen LogP contribution < -0.4 is 24.8 Å². The number of nitrogens with zero attached hydrogens (tertiary/aromatic N) is 1. The minimum absolute atomic E-state index is 0. The monoisotopic (exact) mass is 263 g/mol. The smallest absolute Gasteiger partial charge is 1.00 e. The fraction of sp³-hybridized carbons (Fsp3) is 1.00. The van der Waals surface area contributed by atoms with Gasteiger partial charge in [-0.05, 0) is 0 Å². The summed E-state index contributed by atoms with van der Waals surface area (Å²) in [5, 5.41) is 0. The summed E-state index contributed by atoms with van der Waals surface area (Å²) in [6.07, 6.45) is 2.45. The molecule has 5 heteroatoms. The molecule has 0 aromatic rings. The van der Waals surface area contributed by atoms with Crippen LogP contribution >= 0.6 is 0 Å². The van der Waals surface area contributed by atoms with Crippen molar-refractivity contribution in [3.63, 3.8) is 0 Å². The van der Waals surface area contributed by atoms with Crippen LogP contribution in [0.2, 0.25) is 0 Å². The van der Waals surface area contributed by atoms with Crippen molar-refractivity contribution in [3.05, 3.63) is 0 Å². The molecule has 0 aliphatic heterocycles. The fourth-order valence-corrected chi connectivity index (χ4v) is 1.76. The molecule has 0 saturated heterocycles. The van der Waals surface area contributed by atoms with Gasteiger partial charge >= 0.3 is 79.8 Å². The van der Waals surface area contributed by atoms with Gasteiger partial charge < -0.3 is 24.8 Å². The van der Waals surface area contributed by atoms with Gasteiger partial charge in [-0.1, -0.05) is 0 Å². The van der Waals surface area contributed by atoms with E-state index in [0.29, 0.717) is 0 Å². The van der Waals surface area contributed by atoms with Crippen molar-refractivity contribution in [1.29, 1.82) is 0 Å². The first-order valence-corrected chi connectivity index (χ1v) is 5.81. The summed E-state index contributed by atoms with van der Waals surface area (Å²) in [7, 11) is 0. The van der Waals surface area contributed by atoms with Crippen molar-refractivity contribution in [2.24, 2.45) is 0 Å². The molecule has 0 heterocycles. The van der Waals surface area contributed by atoms with Crippen molar-refractivity contribution in [2.75, 3.05) is 19.7 Å². The van der Waals surface area contributed by atoms with Crippen LogP contribution in [0.4, 0.5) is 0 Å². The van der Waals surface area contributed by atoms with E-state index in [4.69, 9.17) is 3.32 Å². The van der Waals surface area contributed by atoms with Gasteiger partial charge in [-0.3, -0.25) is 0 Å². The zero-order valence-electron chi connectivity index (χ0n) is 8.65. The first-order chi connectivity index (χ1) is 5.35. The summed E-state index contributed by atoms with van der Waals surface area (Å²) in [4.78, 5) is 0. The third-order valence-corrected chi connectivity index (χ3v) is 3.47. The summed E-state index contributed by atoms with van der Waals surface area (Å²) in [6, 6.07) is 0. The summed E-state index contributed by atoms with van der Waals surface area (Å²) in [6.45, 7) is 9.82. The molecule has 0 radical (unpaired) electrons. The van der Waals surface area contributed by atoms with Gasteiger partial charge in [-0.25, -0.2) is 0 Å². The molecular formula is C8H19Cl2NOTi. The van der Waals surface area contributed by atoms with E-state index in [0.717, 1.165) is 19.7 Å². The van der Waals surface area contributed by atoms with E-state index < -0.39 is 0 Å². The van der Waals surface area contributed by atoms with Crippen molar-refractivity contribution < 1.29 is 47.9 Å². The SMILES string of the molecule is CCCC[O][Ti+2][N](CC)CC.[Cl-].[Cl-]. The number of hydrogen-bond acceptors (Lipinski definition) is 2. The zero-order valence-corrected chi connectivity index (χ0v) is 11.7. The molecule has 0 aromatic carbocycles. The molecule has 2 nitrogen and oxygen atoms in total. The van der Waals surface area contributed by atoms with Crippen molar-refractivity contribution >= 4 is 0 Å². The Kier molecular flexibility index (Phi) is 23.8. The van der Waals surface area contributed by atoms with Gasteiger partial charge in [-0.2, -0.15) is 0 Å². The average Bonchev–Trinajstić information content (AvgIpc) is 2.05. The van der Waals surface area contributed by atoms with Crippen LogP contribution in [0.1, 0.15) is 33.6 Å². The molecule has 0 amide bonds. The first-order valence-electron chi connectivity index (χ1n) is 4.47. The molecular weight excluding hydrogens is 245 g/mol. The molecule has 0 bridgehead atoms. The van der Waals surface area contributed by atoms with Crippen LogP contribution in [0, 0.1) is 0 Å². The van der Waals surface area contributed by atoms with E-state index in [-0.39, 0.29) is 44.6 Å². The van der Waals surface area contributed by atoms with E-state index in [1.54, 1.807) is 0 Å². The van der Waals surface area contributed by atoms with Gasteiger partial charge in [-0.15, -0.1) is 0 Å². The molecule has 0 aliphatic rings. The topological polar surface area (TPSA) is 12.5 Å². The van der Waals surface area contributed by atoms with Gasteiger partial charge in [0, 0.05) is 0 Å². The maximum Gasteiger partial charge on any atom is -1.00 e. The number of hydrogen-bond donors (Lipinski definition) is 0. The Morgan fingerprint density at radius 1 is 1.08 bits per heavy atom. The summed E-state index contributed by atoms with van der Waals surface area (Å²) in [5.74, 6) is 0. The second-order valence-corrected chi connectivity index (χ2v) is 4.19. The molecule has 80 valence electrons. The Balaban J connectivity index is -0.000000500. The van der Waals surface area contributed by atoms with Gasteiger partial charge in [0.15, 0.2) is 0 Å². The molecule has 0 aromatic heterocycles. The van der Waals surface area contributed by atoms with E-state index in [9.17, 15) is 0 Å². The largest absolute Gasteiger partial charge is 1.00 e. The van der Waals surface area contributed by atoms with E-state index >= 15 is 0 Å². The maximum atomic E-state index is 5.57. The van der Waals surface area contributed by atoms with E-state index in [1.165, 1.54) is 12.8 Å². The quantitative estimate of drug-likeness (QED) is 0.344. The van der Waals surface area contributed by atoms with E-state index in [1.807, 2.05) is 0 Å². The van der Waals surface area contributed by atoms with Gasteiger partial charge in [0.25, 0.3) is 0 Å². The predicted octanol–water partition coefficient (Wildman–Crippen LogP) is -3.93. The number of rotatable bonds is 7. The molecule has 0 rings (SSSR count). The summed E-state index contributed by atoms with van der Waals surface area (Å²) < 4.78 is 7.97. The van der Waals surface area contributed by atoms with Crippen LogP contribution in [0.15, 0.2) is 0 Å². The van der Waals surface area contributed by atoms with Gasteiger partial charge in [0.05, 0.1) is 0 Å². The second kappa shape index (κ2) is 15.7. The van der Waals surface area contributed by atoms with Crippen LogP contribution in [0.3, 0.4) is 0 Å². The third-order valence-electron chi connectivity index (χ3n) is 1.56. The minimum atomic E-state index is -0.246. The van der Waals surface area contributed by atoms with E-state index in [2.05, 4.69) is 24.2 Å². The van der Waals surface area contributed by atoms with Crippen LogP contribution in [0.5, 0.6) is 0 Å². The molecule has 0 atom stereocenters. The Bertz CT molecular complexity index is 84.5. The predicted molar refractivity (Wildman–Crippen MR) is 43.8 cm³/mol. The Morgan fingerprint density at radius 2 is 1.62 bits per heavy atom. The summed E-state index contributed by atoms with van der Waals surface area (Å²) in [5.41, 5.74) is 0. The first kappa shape index (κ1) is 19.7.